The molecule has 37 heavy (non-hydrogen) atoms. The summed E-state index contributed by atoms with van der Waals surface area (Å²) in [7, 11) is 2.99. The van der Waals surface area contributed by atoms with E-state index in [9.17, 15) is 14.7 Å². The van der Waals surface area contributed by atoms with Gasteiger partial charge in [-0.25, -0.2) is 4.98 Å². The molecule has 1 saturated heterocycles. The van der Waals surface area contributed by atoms with Gasteiger partial charge in [-0.3, -0.25) is 14.5 Å². The van der Waals surface area contributed by atoms with Crippen molar-refractivity contribution in [2.75, 3.05) is 19.1 Å². The average molecular weight is 535 g/mol. The maximum atomic E-state index is 13.6. The monoisotopic (exact) mass is 534 g/mol. The van der Waals surface area contributed by atoms with Gasteiger partial charge in [0, 0.05) is 16.1 Å². The van der Waals surface area contributed by atoms with Crippen LogP contribution in [0.3, 0.4) is 0 Å². The van der Waals surface area contributed by atoms with Crippen LogP contribution in [-0.4, -0.2) is 36.0 Å². The number of Topliss-reactive ketones (excluding diaryl/α,β-unsaturated/α-hetero) is 1. The van der Waals surface area contributed by atoms with Gasteiger partial charge in [0.1, 0.15) is 11.8 Å². The lowest BCUT2D eigenvalue weighted by Crippen LogP contribution is -2.29. The number of benzene rings is 3. The maximum Gasteiger partial charge on any atom is 0.301 e. The van der Waals surface area contributed by atoms with Crippen molar-refractivity contribution in [2.45, 2.75) is 19.9 Å². The minimum absolute atomic E-state index is 0.0777. The zero-order chi connectivity index (χ0) is 26.4. The predicted molar refractivity (Wildman–Crippen MR) is 145 cm³/mol. The number of carbonyl (C=O) groups is 2. The number of ketones is 1. The van der Waals surface area contributed by atoms with Crippen LogP contribution in [0, 0.1) is 13.8 Å². The Bertz CT molecular complexity index is 1590. The van der Waals surface area contributed by atoms with E-state index in [2.05, 4.69) is 0 Å². The Balaban J connectivity index is 1.80. The van der Waals surface area contributed by atoms with E-state index in [4.69, 9.17) is 26.1 Å². The number of rotatable bonds is 5. The number of hydrogen-bond donors (Lipinski definition) is 1. The highest BCUT2D eigenvalue weighted by Crippen LogP contribution is 2.48. The third-order valence-electron chi connectivity index (χ3n) is 6.31. The molecule has 0 bridgehead atoms. The number of fused-ring (bicyclic) bond motifs is 1. The van der Waals surface area contributed by atoms with Crippen molar-refractivity contribution in [2.24, 2.45) is 0 Å². The summed E-state index contributed by atoms with van der Waals surface area (Å²) >= 11 is 7.34. The third kappa shape index (κ3) is 4.12. The molecule has 0 spiro atoms. The predicted octanol–water partition coefficient (Wildman–Crippen LogP) is 6.21. The second-order valence-corrected chi connectivity index (χ2v) is 10.1. The Morgan fingerprint density at radius 1 is 1.05 bits per heavy atom. The van der Waals surface area contributed by atoms with Crippen LogP contribution in [0.15, 0.2) is 60.2 Å². The topological polar surface area (TPSA) is 89.0 Å². The maximum absolute atomic E-state index is 13.6. The summed E-state index contributed by atoms with van der Waals surface area (Å²) < 4.78 is 12.0. The molecule has 5 rings (SSSR count). The van der Waals surface area contributed by atoms with E-state index in [1.807, 2.05) is 26.0 Å². The van der Waals surface area contributed by atoms with Crippen molar-refractivity contribution in [3.63, 3.8) is 0 Å². The fraction of sp³-hybridized carbons (Fsp3) is 0.179. The van der Waals surface area contributed by atoms with Crippen molar-refractivity contribution in [3.05, 3.63) is 87.4 Å². The number of carbonyl (C=O) groups excluding carboxylic acids is 2. The molecule has 1 unspecified atom stereocenters. The number of para-hydroxylation sites is 1. The van der Waals surface area contributed by atoms with Gasteiger partial charge in [0.05, 0.1) is 30.0 Å². The quantitative estimate of drug-likeness (QED) is 0.186. The second-order valence-electron chi connectivity index (χ2n) is 8.68. The van der Waals surface area contributed by atoms with Crippen LogP contribution < -0.4 is 14.4 Å². The summed E-state index contributed by atoms with van der Waals surface area (Å²) in [6, 6.07) is 14.6. The zero-order valence-electron chi connectivity index (χ0n) is 20.5. The number of ether oxygens (including phenoxy) is 2. The van der Waals surface area contributed by atoms with Crippen molar-refractivity contribution < 1.29 is 24.2 Å². The number of aliphatic hydroxyl groups is 1. The van der Waals surface area contributed by atoms with Crippen LogP contribution in [0.5, 0.6) is 11.5 Å². The van der Waals surface area contributed by atoms with Crippen LogP contribution in [0.4, 0.5) is 5.13 Å². The molecule has 1 atom stereocenters. The Labute approximate surface area is 222 Å². The van der Waals surface area contributed by atoms with Crippen LogP contribution in [0.2, 0.25) is 5.02 Å². The first-order valence-electron chi connectivity index (χ1n) is 11.4. The number of thiazole rings is 1. The fourth-order valence-corrected chi connectivity index (χ4v) is 5.97. The summed E-state index contributed by atoms with van der Waals surface area (Å²) in [5.41, 5.74) is 3.53. The molecular formula is C28H23ClN2O5S. The van der Waals surface area contributed by atoms with Gasteiger partial charge in [-0.15, -0.1) is 0 Å². The zero-order valence-corrected chi connectivity index (χ0v) is 22.1. The van der Waals surface area contributed by atoms with Gasteiger partial charge in [0.25, 0.3) is 5.78 Å². The number of anilines is 1. The van der Waals surface area contributed by atoms with Crippen molar-refractivity contribution in [3.8, 4) is 11.5 Å². The highest BCUT2D eigenvalue weighted by molar-refractivity contribution is 7.22. The Kier molecular flexibility index (Phi) is 6.39. The molecule has 7 nitrogen and oxygen atoms in total. The highest BCUT2D eigenvalue weighted by atomic mass is 35.5. The first-order chi connectivity index (χ1) is 17.7. The Morgan fingerprint density at radius 3 is 2.46 bits per heavy atom. The molecule has 4 aromatic rings. The molecular weight excluding hydrogens is 512 g/mol. The molecule has 2 heterocycles. The van der Waals surface area contributed by atoms with Gasteiger partial charge >= 0.3 is 5.91 Å². The summed E-state index contributed by atoms with van der Waals surface area (Å²) in [6.07, 6.45) is 0. The summed E-state index contributed by atoms with van der Waals surface area (Å²) in [5, 5.41) is 12.2. The number of halogens is 1. The first kappa shape index (κ1) is 24.8. The Hall–Kier alpha value is -3.88. The van der Waals surface area contributed by atoms with E-state index in [-0.39, 0.29) is 11.3 Å². The highest BCUT2D eigenvalue weighted by Gasteiger charge is 2.49. The molecule has 188 valence electrons. The van der Waals surface area contributed by atoms with E-state index in [1.165, 1.54) is 30.5 Å². The van der Waals surface area contributed by atoms with E-state index >= 15 is 0 Å². The van der Waals surface area contributed by atoms with E-state index in [1.54, 1.807) is 42.5 Å². The van der Waals surface area contributed by atoms with E-state index in [0.29, 0.717) is 32.8 Å². The van der Waals surface area contributed by atoms with Gasteiger partial charge in [-0.05, 0) is 61.4 Å². The molecule has 9 heteroatoms. The van der Waals surface area contributed by atoms with Crippen LogP contribution in [0.1, 0.15) is 28.3 Å². The lowest BCUT2D eigenvalue weighted by Gasteiger charge is -2.25. The molecule has 1 aromatic heterocycles. The van der Waals surface area contributed by atoms with Gasteiger partial charge in [-0.1, -0.05) is 41.1 Å². The molecule has 3 aromatic carbocycles. The van der Waals surface area contributed by atoms with Gasteiger partial charge in [0.2, 0.25) is 0 Å². The van der Waals surface area contributed by atoms with Gasteiger partial charge in [-0.2, -0.15) is 0 Å². The van der Waals surface area contributed by atoms with Crippen molar-refractivity contribution in [1.82, 2.24) is 4.98 Å². The molecule has 0 radical (unpaired) electrons. The van der Waals surface area contributed by atoms with Gasteiger partial charge < -0.3 is 14.6 Å². The molecule has 1 N–H and O–H groups in total. The Morgan fingerprint density at radius 2 is 1.78 bits per heavy atom. The smallest absolute Gasteiger partial charge is 0.301 e. The molecule has 1 aliphatic heterocycles. The largest absolute Gasteiger partial charge is 0.507 e. The minimum atomic E-state index is -1.01. The van der Waals surface area contributed by atoms with Crippen molar-refractivity contribution in [1.29, 1.82) is 0 Å². The number of nitrogens with zero attached hydrogens (tertiary/aromatic N) is 2. The molecule has 1 fully saturated rings. The van der Waals surface area contributed by atoms with Crippen LogP contribution in [-0.2, 0) is 9.59 Å². The average Bonchev–Trinajstić information content (AvgIpc) is 3.42. The van der Waals surface area contributed by atoms with Crippen molar-refractivity contribution >= 4 is 55.7 Å². The number of methoxy groups -OCH3 is 2. The lowest BCUT2D eigenvalue weighted by molar-refractivity contribution is -0.132. The van der Waals surface area contributed by atoms with Gasteiger partial charge in [0.15, 0.2) is 16.6 Å². The lowest BCUT2D eigenvalue weighted by atomic mass is 9.94. The number of aliphatic hydroxyl groups excluding tert-OH is 1. The van der Waals surface area contributed by atoms with Crippen LogP contribution in [0.25, 0.3) is 16.0 Å². The van der Waals surface area contributed by atoms with E-state index < -0.39 is 17.7 Å². The molecule has 0 saturated carbocycles. The normalized spacial score (nSPS) is 17.0. The summed E-state index contributed by atoms with van der Waals surface area (Å²) in [5.74, 6) is -1.17. The standard InChI is InChI=1S/C28H23ClN2O5S/c1-14-12-15(2)22-20(13-14)37-28(30-22)31-23(18-6-5-7-19(35-3)26(18)36-4)21(25(33)27(31)34)24(32)16-8-10-17(29)11-9-16/h5-13,23,32H,1-4H3. The number of aromatic nitrogens is 1. The molecule has 1 aliphatic rings. The summed E-state index contributed by atoms with van der Waals surface area (Å²) in [6.45, 7) is 3.95. The summed E-state index contributed by atoms with van der Waals surface area (Å²) in [4.78, 5) is 33.2. The van der Waals surface area contributed by atoms with E-state index in [0.717, 1.165) is 21.3 Å². The fourth-order valence-electron chi connectivity index (χ4n) is 4.68. The number of hydrogen-bond acceptors (Lipinski definition) is 7. The molecule has 0 aliphatic carbocycles. The first-order valence-corrected chi connectivity index (χ1v) is 12.6. The minimum Gasteiger partial charge on any atom is -0.507 e. The third-order valence-corrected chi connectivity index (χ3v) is 7.57. The second kappa shape index (κ2) is 9.53. The SMILES string of the molecule is COc1cccc(C2C(=C(O)c3ccc(Cl)cc3)C(=O)C(=O)N2c2nc3c(C)cc(C)cc3s2)c1OC. The van der Waals surface area contributed by atoms with Crippen LogP contribution >= 0.6 is 22.9 Å². The number of aryl methyl sites for hydroxylation is 2. The molecule has 1 amide bonds. The number of amides is 1.